The van der Waals surface area contributed by atoms with E-state index in [0.29, 0.717) is 6.04 Å². The van der Waals surface area contributed by atoms with Gasteiger partial charge in [0.25, 0.3) is 0 Å². The molecule has 2 nitrogen and oxygen atoms in total. The van der Waals surface area contributed by atoms with E-state index < -0.39 is 0 Å². The Balaban J connectivity index is 1.50. The second kappa shape index (κ2) is 7.06. The van der Waals surface area contributed by atoms with E-state index in [1.807, 2.05) is 11.8 Å². The van der Waals surface area contributed by atoms with Crippen LogP contribution in [-0.2, 0) is 19.4 Å². The largest absolute Gasteiger partial charge is 0.497 e. The molecule has 0 fully saturated rings. The molecule has 136 valence electrons. The Morgan fingerprint density at radius 3 is 2.70 bits per heavy atom. The van der Waals surface area contributed by atoms with Crippen molar-refractivity contribution < 1.29 is 4.74 Å². The molecule has 0 N–H and O–H groups in total. The summed E-state index contributed by atoms with van der Waals surface area (Å²) in [5, 5.41) is 0. The molecule has 1 unspecified atom stereocenters. The first kappa shape index (κ1) is 16.9. The van der Waals surface area contributed by atoms with E-state index in [0.717, 1.165) is 31.7 Å². The molecule has 2 aliphatic rings. The van der Waals surface area contributed by atoms with Gasteiger partial charge in [0.2, 0.25) is 0 Å². The second-order valence-corrected chi connectivity index (χ2v) is 8.43. The summed E-state index contributed by atoms with van der Waals surface area (Å²) in [6.45, 7) is 2.18. The third-order valence-electron chi connectivity index (χ3n) is 5.79. The first-order valence-corrected chi connectivity index (χ1v) is 10.4. The van der Waals surface area contributed by atoms with Crippen molar-refractivity contribution in [2.45, 2.75) is 35.2 Å². The molecule has 2 aliphatic heterocycles. The maximum absolute atomic E-state index is 5.44. The predicted molar refractivity (Wildman–Crippen MR) is 111 cm³/mol. The molecule has 27 heavy (non-hydrogen) atoms. The van der Waals surface area contributed by atoms with Gasteiger partial charge in [0, 0.05) is 28.9 Å². The van der Waals surface area contributed by atoms with Crippen LogP contribution in [0.2, 0.25) is 0 Å². The molecule has 2 heterocycles. The van der Waals surface area contributed by atoms with Crippen molar-refractivity contribution in [1.82, 2.24) is 4.90 Å². The van der Waals surface area contributed by atoms with Crippen molar-refractivity contribution in [2.24, 2.45) is 0 Å². The smallest absolute Gasteiger partial charge is 0.119 e. The highest BCUT2D eigenvalue weighted by Gasteiger charge is 2.33. The molecule has 0 radical (unpaired) electrons. The summed E-state index contributed by atoms with van der Waals surface area (Å²) in [4.78, 5) is 5.36. The Bertz CT molecular complexity index is 969. The molecular weight excluding hydrogens is 350 g/mol. The fraction of sp³-hybridized carbons (Fsp3) is 0.250. The Morgan fingerprint density at radius 2 is 1.85 bits per heavy atom. The monoisotopic (exact) mass is 373 g/mol. The average molecular weight is 374 g/mol. The molecular formula is C24H23NOS. The number of rotatable bonds is 3. The minimum absolute atomic E-state index is 0.477. The molecule has 3 aromatic carbocycles. The van der Waals surface area contributed by atoms with Crippen LogP contribution in [0, 0.1) is 0 Å². The van der Waals surface area contributed by atoms with Gasteiger partial charge in [-0.2, -0.15) is 0 Å². The van der Waals surface area contributed by atoms with Gasteiger partial charge in [0.1, 0.15) is 5.75 Å². The third-order valence-corrected chi connectivity index (χ3v) is 6.90. The average Bonchev–Trinajstić information content (AvgIpc) is 2.73. The van der Waals surface area contributed by atoms with Gasteiger partial charge >= 0.3 is 0 Å². The minimum Gasteiger partial charge on any atom is -0.497 e. The van der Waals surface area contributed by atoms with Crippen LogP contribution in [0.4, 0.5) is 0 Å². The van der Waals surface area contributed by atoms with Crippen molar-refractivity contribution in [3.05, 3.63) is 89.0 Å². The number of nitrogens with zero attached hydrogens (tertiary/aromatic N) is 1. The van der Waals surface area contributed by atoms with Crippen LogP contribution in [0.25, 0.3) is 0 Å². The number of ether oxygens (including phenoxy) is 1. The van der Waals surface area contributed by atoms with Gasteiger partial charge in [-0.25, -0.2) is 0 Å². The minimum atomic E-state index is 0.477. The lowest BCUT2D eigenvalue weighted by Gasteiger charge is -2.42. The van der Waals surface area contributed by atoms with E-state index in [2.05, 4.69) is 71.6 Å². The molecule has 0 aromatic heterocycles. The molecule has 0 spiro atoms. The number of hydrogen-bond donors (Lipinski definition) is 0. The maximum Gasteiger partial charge on any atom is 0.119 e. The second-order valence-electron chi connectivity index (χ2n) is 7.31. The number of methoxy groups -OCH3 is 1. The highest BCUT2D eigenvalue weighted by atomic mass is 32.2. The molecule has 0 saturated heterocycles. The van der Waals surface area contributed by atoms with Crippen molar-refractivity contribution >= 4 is 11.8 Å². The quantitative estimate of drug-likeness (QED) is 0.601. The molecule has 1 atom stereocenters. The zero-order chi connectivity index (χ0) is 18.2. The number of hydrogen-bond acceptors (Lipinski definition) is 3. The lowest BCUT2D eigenvalue weighted by Crippen LogP contribution is -2.39. The first-order chi connectivity index (χ1) is 13.3. The third kappa shape index (κ3) is 3.15. The molecule has 0 aliphatic carbocycles. The van der Waals surface area contributed by atoms with Crippen LogP contribution in [0.3, 0.4) is 0 Å². The SMILES string of the molecule is COc1ccc2c(c1)CCN1Cc3cccc(Sc4ccccc4)c3CC21. The van der Waals surface area contributed by atoms with Crippen molar-refractivity contribution in [3.63, 3.8) is 0 Å². The molecule has 0 bridgehead atoms. The maximum atomic E-state index is 5.44. The van der Waals surface area contributed by atoms with Crippen molar-refractivity contribution in [2.75, 3.05) is 13.7 Å². The Hall–Kier alpha value is -2.23. The van der Waals surface area contributed by atoms with Gasteiger partial charge < -0.3 is 4.74 Å². The van der Waals surface area contributed by atoms with Crippen molar-refractivity contribution in [3.8, 4) is 5.75 Å². The number of benzene rings is 3. The normalized spacial score (nSPS) is 18.3. The van der Waals surface area contributed by atoms with Crippen molar-refractivity contribution in [1.29, 1.82) is 0 Å². The molecule has 3 heteroatoms. The summed E-state index contributed by atoms with van der Waals surface area (Å²) in [6, 6.07) is 24.6. The van der Waals surface area contributed by atoms with Crippen LogP contribution >= 0.6 is 11.8 Å². The van der Waals surface area contributed by atoms with Gasteiger partial charge in [0.15, 0.2) is 0 Å². The van der Waals surface area contributed by atoms with E-state index in [9.17, 15) is 0 Å². The topological polar surface area (TPSA) is 12.5 Å². The van der Waals surface area contributed by atoms with E-state index >= 15 is 0 Å². The summed E-state index contributed by atoms with van der Waals surface area (Å²) < 4.78 is 5.44. The highest BCUT2D eigenvalue weighted by molar-refractivity contribution is 7.99. The van der Waals surface area contributed by atoms with Crippen LogP contribution in [0.1, 0.15) is 28.3 Å². The summed E-state index contributed by atoms with van der Waals surface area (Å²) in [6.07, 6.45) is 2.20. The number of fused-ring (bicyclic) bond motifs is 4. The summed E-state index contributed by atoms with van der Waals surface area (Å²) in [5.74, 6) is 0.971. The Kier molecular flexibility index (Phi) is 4.42. The summed E-state index contributed by atoms with van der Waals surface area (Å²) in [5.41, 5.74) is 5.94. The van der Waals surface area contributed by atoms with E-state index in [-0.39, 0.29) is 0 Å². The summed E-state index contributed by atoms with van der Waals surface area (Å²) in [7, 11) is 1.75. The van der Waals surface area contributed by atoms with E-state index in [1.165, 1.54) is 32.0 Å². The predicted octanol–water partition coefficient (Wildman–Crippen LogP) is 5.50. The van der Waals surface area contributed by atoms with Crippen LogP contribution in [0.15, 0.2) is 76.5 Å². The van der Waals surface area contributed by atoms with Crippen LogP contribution < -0.4 is 4.74 Å². The Labute approximate surface area is 165 Å². The highest BCUT2D eigenvalue weighted by Crippen LogP contribution is 2.42. The molecule has 3 aromatic rings. The van der Waals surface area contributed by atoms with Crippen LogP contribution in [-0.4, -0.2) is 18.6 Å². The van der Waals surface area contributed by atoms with Gasteiger partial charge in [-0.05, 0) is 65.4 Å². The van der Waals surface area contributed by atoms with Gasteiger partial charge in [-0.15, -0.1) is 0 Å². The van der Waals surface area contributed by atoms with E-state index in [1.54, 1.807) is 7.11 Å². The molecule has 0 saturated carbocycles. The first-order valence-electron chi connectivity index (χ1n) is 9.56. The van der Waals surface area contributed by atoms with Gasteiger partial charge in [0.05, 0.1) is 7.11 Å². The standard InChI is InChI=1S/C24H23NOS/c1-26-19-10-11-21-17(14-19)12-13-25-16-18-6-5-9-24(22(18)15-23(21)25)27-20-7-3-2-4-8-20/h2-11,14,23H,12-13,15-16H2,1H3. The summed E-state index contributed by atoms with van der Waals surface area (Å²) >= 11 is 1.89. The lowest BCUT2D eigenvalue weighted by atomic mass is 9.84. The van der Waals surface area contributed by atoms with Gasteiger partial charge in [-0.3, -0.25) is 4.90 Å². The fourth-order valence-electron chi connectivity index (χ4n) is 4.41. The fourth-order valence-corrected chi connectivity index (χ4v) is 5.44. The zero-order valence-electron chi connectivity index (χ0n) is 15.5. The molecule has 5 rings (SSSR count). The Morgan fingerprint density at radius 1 is 0.963 bits per heavy atom. The zero-order valence-corrected chi connectivity index (χ0v) is 16.3. The van der Waals surface area contributed by atoms with Gasteiger partial charge in [-0.1, -0.05) is 48.2 Å². The van der Waals surface area contributed by atoms with Crippen LogP contribution in [0.5, 0.6) is 5.75 Å². The molecule has 0 amide bonds. The van der Waals surface area contributed by atoms with E-state index in [4.69, 9.17) is 4.74 Å². The lowest BCUT2D eigenvalue weighted by molar-refractivity contribution is 0.159.